The van der Waals surface area contributed by atoms with Crippen molar-refractivity contribution >= 4 is 5.71 Å². The van der Waals surface area contributed by atoms with Crippen LogP contribution in [0.15, 0.2) is 66.5 Å². The standard InChI is InChI=1S/C15H14F3NO/c1-4-5-10-19-11(2)12(3)20-14-8-6-13(7-9-14)15(16,17)18/h4-10H,1,3H2,2H3/b10-5-,19-11?. The van der Waals surface area contributed by atoms with Crippen molar-refractivity contribution in [2.45, 2.75) is 13.1 Å². The van der Waals surface area contributed by atoms with Crippen LogP contribution in [-0.4, -0.2) is 5.71 Å². The molecule has 0 aliphatic heterocycles. The lowest BCUT2D eigenvalue weighted by Crippen LogP contribution is -2.06. The molecule has 20 heavy (non-hydrogen) atoms. The van der Waals surface area contributed by atoms with E-state index in [9.17, 15) is 13.2 Å². The maximum atomic E-state index is 12.4. The third-order valence-corrected chi connectivity index (χ3v) is 2.32. The highest BCUT2D eigenvalue weighted by Crippen LogP contribution is 2.30. The van der Waals surface area contributed by atoms with Crippen LogP contribution in [0.25, 0.3) is 0 Å². The summed E-state index contributed by atoms with van der Waals surface area (Å²) in [6.07, 6.45) is 0.358. The number of hydrogen-bond acceptors (Lipinski definition) is 2. The van der Waals surface area contributed by atoms with Gasteiger partial charge in [0.15, 0.2) is 0 Å². The van der Waals surface area contributed by atoms with Gasteiger partial charge in [-0.1, -0.05) is 19.2 Å². The largest absolute Gasteiger partial charge is 0.456 e. The van der Waals surface area contributed by atoms with E-state index in [1.807, 2.05) is 0 Å². The number of halogens is 3. The fraction of sp³-hybridized carbons (Fsp3) is 0.133. The maximum absolute atomic E-state index is 12.4. The molecule has 0 aliphatic rings. The van der Waals surface area contributed by atoms with Crippen LogP contribution in [0.2, 0.25) is 0 Å². The molecule has 0 spiro atoms. The summed E-state index contributed by atoms with van der Waals surface area (Å²) in [6.45, 7) is 8.84. The van der Waals surface area contributed by atoms with E-state index in [4.69, 9.17) is 4.74 Å². The molecule has 106 valence electrons. The molecule has 0 heterocycles. The predicted molar refractivity (Wildman–Crippen MR) is 73.7 cm³/mol. The average Bonchev–Trinajstić information content (AvgIpc) is 2.38. The van der Waals surface area contributed by atoms with Gasteiger partial charge in [-0.3, -0.25) is 4.99 Å². The lowest BCUT2D eigenvalue weighted by Gasteiger charge is -2.10. The minimum Gasteiger partial charge on any atom is -0.456 e. The van der Waals surface area contributed by atoms with Crippen LogP contribution in [0.1, 0.15) is 12.5 Å². The Labute approximate surface area is 115 Å². The quantitative estimate of drug-likeness (QED) is 0.433. The normalized spacial score (nSPS) is 12.5. The molecule has 0 unspecified atom stereocenters. The Kier molecular flexibility index (Phi) is 5.32. The molecule has 5 heteroatoms. The first-order valence-electron chi connectivity index (χ1n) is 5.71. The van der Waals surface area contributed by atoms with Crippen molar-refractivity contribution in [3.8, 4) is 5.75 Å². The first kappa shape index (κ1) is 15.8. The fourth-order valence-electron chi connectivity index (χ4n) is 1.22. The van der Waals surface area contributed by atoms with Crippen molar-refractivity contribution in [2.24, 2.45) is 4.99 Å². The second-order valence-corrected chi connectivity index (χ2v) is 3.84. The van der Waals surface area contributed by atoms with Crippen molar-refractivity contribution in [1.29, 1.82) is 0 Å². The van der Waals surface area contributed by atoms with Gasteiger partial charge in [-0.25, -0.2) is 0 Å². The molecule has 1 rings (SSSR count). The minimum absolute atomic E-state index is 0.262. The summed E-state index contributed by atoms with van der Waals surface area (Å²) in [5.41, 5.74) is -0.210. The number of hydrogen-bond donors (Lipinski definition) is 0. The van der Waals surface area contributed by atoms with Crippen LogP contribution in [0.5, 0.6) is 5.75 Å². The summed E-state index contributed by atoms with van der Waals surface area (Å²) in [4.78, 5) is 4.03. The average molecular weight is 281 g/mol. The minimum atomic E-state index is -4.36. The topological polar surface area (TPSA) is 21.6 Å². The smallest absolute Gasteiger partial charge is 0.416 e. The fourth-order valence-corrected chi connectivity index (χ4v) is 1.22. The Balaban J connectivity index is 2.74. The van der Waals surface area contributed by atoms with Gasteiger partial charge in [0.1, 0.15) is 11.5 Å². The molecule has 0 saturated heterocycles. The van der Waals surface area contributed by atoms with E-state index in [0.29, 0.717) is 5.71 Å². The summed E-state index contributed by atoms with van der Waals surface area (Å²) in [7, 11) is 0. The zero-order chi connectivity index (χ0) is 15.2. The van der Waals surface area contributed by atoms with Gasteiger partial charge in [-0.05, 0) is 37.3 Å². The highest BCUT2D eigenvalue weighted by atomic mass is 19.4. The number of allylic oxidation sites excluding steroid dienone is 3. The molecule has 0 atom stereocenters. The lowest BCUT2D eigenvalue weighted by molar-refractivity contribution is -0.137. The molecule has 0 radical (unpaired) electrons. The molecule has 0 fully saturated rings. The van der Waals surface area contributed by atoms with Gasteiger partial charge in [-0.15, -0.1) is 0 Å². The first-order valence-corrected chi connectivity index (χ1v) is 5.71. The highest BCUT2D eigenvalue weighted by molar-refractivity contribution is 5.96. The first-order chi connectivity index (χ1) is 9.34. The summed E-state index contributed by atoms with van der Waals surface area (Å²) in [5.74, 6) is 0.531. The van der Waals surface area contributed by atoms with Crippen molar-refractivity contribution < 1.29 is 17.9 Å². The number of aliphatic imine (C=N–C) groups is 1. The van der Waals surface area contributed by atoms with Gasteiger partial charge in [0.25, 0.3) is 0 Å². The zero-order valence-corrected chi connectivity index (χ0v) is 10.9. The van der Waals surface area contributed by atoms with Gasteiger partial charge in [0.2, 0.25) is 0 Å². The molecule has 0 bridgehead atoms. The summed E-state index contributed by atoms with van der Waals surface area (Å²) < 4.78 is 42.5. The number of rotatable bonds is 5. The lowest BCUT2D eigenvalue weighted by atomic mass is 10.2. The van der Waals surface area contributed by atoms with Gasteiger partial charge in [-0.2, -0.15) is 13.2 Å². The van der Waals surface area contributed by atoms with Crippen LogP contribution in [0, 0.1) is 0 Å². The monoisotopic (exact) mass is 281 g/mol. The van der Waals surface area contributed by atoms with E-state index in [-0.39, 0.29) is 11.5 Å². The SMILES string of the molecule is C=C/C=C\N=C(C)C(=C)Oc1ccc(C(F)(F)F)cc1. The number of alkyl halides is 3. The van der Waals surface area contributed by atoms with E-state index < -0.39 is 11.7 Å². The molecule has 1 aromatic rings. The van der Waals surface area contributed by atoms with Gasteiger partial charge < -0.3 is 4.74 Å². The Morgan fingerprint density at radius 3 is 2.35 bits per heavy atom. The maximum Gasteiger partial charge on any atom is 0.416 e. The molecular formula is C15H14F3NO. The van der Waals surface area contributed by atoms with Crippen LogP contribution in [-0.2, 0) is 6.18 Å². The Bertz CT molecular complexity index is 539. The summed E-state index contributed by atoms with van der Waals surface area (Å²) >= 11 is 0. The third-order valence-electron chi connectivity index (χ3n) is 2.32. The summed E-state index contributed by atoms with van der Waals surface area (Å²) in [5, 5.41) is 0. The Hall–Kier alpha value is -2.30. The number of nitrogens with zero attached hydrogens (tertiary/aromatic N) is 1. The van der Waals surface area contributed by atoms with E-state index in [2.05, 4.69) is 18.2 Å². The Morgan fingerprint density at radius 1 is 1.25 bits per heavy atom. The van der Waals surface area contributed by atoms with Crippen LogP contribution >= 0.6 is 0 Å². The van der Waals surface area contributed by atoms with Crippen molar-refractivity contribution in [1.82, 2.24) is 0 Å². The van der Waals surface area contributed by atoms with E-state index in [1.54, 1.807) is 19.1 Å². The van der Waals surface area contributed by atoms with Crippen molar-refractivity contribution in [3.05, 3.63) is 67.1 Å². The highest BCUT2D eigenvalue weighted by Gasteiger charge is 2.30. The molecule has 1 aromatic carbocycles. The van der Waals surface area contributed by atoms with E-state index in [0.717, 1.165) is 12.1 Å². The molecule has 0 aliphatic carbocycles. The van der Waals surface area contributed by atoms with Crippen LogP contribution in [0.3, 0.4) is 0 Å². The van der Waals surface area contributed by atoms with Gasteiger partial charge in [0, 0.05) is 6.20 Å². The van der Waals surface area contributed by atoms with Gasteiger partial charge >= 0.3 is 6.18 Å². The molecule has 0 aromatic heterocycles. The molecule has 0 amide bonds. The van der Waals surface area contributed by atoms with E-state index >= 15 is 0 Å². The van der Waals surface area contributed by atoms with Crippen LogP contribution < -0.4 is 4.74 Å². The third kappa shape index (κ3) is 4.76. The second kappa shape index (κ2) is 6.75. The van der Waals surface area contributed by atoms with E-state index in [1.165, 1.54) is 18.3 Å². The Morgan fingerprint density at radius 2 is 1.85 bits per heavy atom. The second-order valence-electron chi connectivity index (χ2n) is 3.84. The van der Waals surface area contributed by atoms with Crippen LogP contribution in [0.4, 0.5) is 13.2 Å². The van der Waals surface area contributed by atoms with Crippen molar-refractivity contribution in [2.75, 3.05) is 0 Å². The summed E-state index contributed by atoms with van der Waals surface area (Å²) in [6, 6.07) is 4.38. The molecular weight excluding hydrogens is 267 g/mol. The molecule has 0 N–H and O–H groups in total. The molecule has 0 saturated carbocycles. The van der Waals surface area contributed by atoms with Gasteiger partial charge in [0.05, 0.1) is 11.3 Å². The zero-order valence-electron chi connectivity index (χ0n) is 10.9. The number of benzene rings is 1. The van der Waals surface area contributed by atoms with Crippen molar-refractivity contribution in [3.63, 3.8) is 0 Å². The number of ether oxygens (including phenoxy) is 1. The molecule has 2 nitrogen and oxygen atoms in total. The predicted octanol–water partition coefficient (Wildman–Crippen LogP) is 4.76.